The molecule has 1 radical (unpaired) electrons. The van der Waals surface area contributed by atoms with E-state index in [1.807, 2.05) is 6.26 Å². The largest absolute Gasteiger partial charge is 0.490 e. The Morgan fingerprint density at radius 3 is 2.51 bits per heavy atom. The van der Waals surface area contributed by atoms with E-state index in [1.54, 1.807) is 28.5 Å². The van der Waals surface area contributed by atoms with Gasteiger partial charge < -0.3 is 40.1 Å². The van der Waals surface area contributed by atoms with Crippen molar-refractivity contribution in [1.29, 1.82) is 0 Å². The first-order valence-corrected chi connectivity index (χ1v) is 20.6. The topological polar surface area (TPSA) is 233 Å². The molecule has 0 spiro atoms. The second-order valence-electron chi connectivity index (χ2n) is 7.29. The minimum atomic E-state index is -5.64. The number of carbonyl (C=O) groups is 1. The summed E-state index contributed by atoms with van der Waals surface area (Å²) >= 11 is 0. The van der Waals surface area contributed by atoms with Gasteiger partial charge in [0.05, 0.1) is 19.3 Å². The molecule has 0 aromatic carbocycles. The fraction of sp³-hybridized carbons (Fsp3) is 0.812. The molecule has 225 valence electrons. The number of carbonyl (C=O) groups excluding carboxylic acids is 1. The molecular formula is C16H31BN2O13P3S4. The van der Waals surface area contributed by atoms with Crippen LogP contribution in [0.1, 0.15) is 19.8 Å². The molecule has 1 heterocycles. The van der Waals surface area contributed by atoms with Gasteiger partial charge in [-0.1, -0.05) is 49.1 Å². The third kappa shape index (κ3) is 18.8. The highest BCUT2D eigenvalue weighted by atomic mass is 33.1. The lowest BCUT2D eigenvalue weighted by Gasteiger charge is -2.23. The van der Waals surface area contributed by atoms with Crippen LogP contribution in [0.2, 0.25) is 0 Å². The maximum atomic E-state index is 12.1. The van der Waals surface area contributed by atoms with Crippen molar-refractivity contribution < 1.29 is 60.7 Å². The molecule has 0 aliphatic carbocycles. The molecule has 1 aliphatic rings. The highest BCUT2D eigenvalue weighted by Crippen LogP contribution is 2.66. The molecule has 0 aromatic heterocycles. The van der Waals surface area contributed by atoms with Gasteiger partial charge in [-0.2, -0.15) is 14.4 Å². The van der Waals surface area contributed by atoms with E-state index < -0.39 is 48.3 Å². The van der Waals surface area contributed by atoms with Gasteiger partial charge in [-0.25, -0.2) is 13.7 Å². The van der Waals surface area contributed by atoms with Crippen LogP contribution in [-0.4, -0.2) is 93.9 Å². The third-order valence-electron chi connectivity index (χ3n) is 4.09. The van der Waals surface area contributed by atoms with Crippen molar-refractivity contribution in [2.45, 2.75) is 43.4 Å². The maximum Gasteiger partial charge on any atom is 0.490 e. The van der Waals surface area contributed by atoms with Crippen molar-refractivity contribution in [2.75, 3.05) is 37.5 Å². The standard InChI is InChI=1S/C16H31BN2O13P3S4/c1-12(39-36-2)29-13-10-15(17-5-3-7-19-16(20)4-8-37-38-9-6-18)30-14(13)11-28-34(24,25)32-35(26,27)31-33(21,22)23/h12-15H,4,6-11,18H2,1-2H3,(H,19,20)(H,24,25)(H,26,27)(H2,21,22,23)/t12-,13-,14?,15-/m1/s1. The average molecular weight is 691 g/mol. The lowest BCUT2D eigenvalue weighted by molar-refractivity contribution is -0.120. The third-order valence-corrected chi connectivity index (χ3v) is 12.3. The summed E-state index contributed by atoms with van der Waals surface area (Å²) in [7, 11) is -8.87. The summed E-state index contributed by atoms with van der Waals surface area (Å²) < 4.78 is 58.2. The fourth-order valence-corrected chi connectivity index (χ4v) is 9.04. The van der Waals surface area contributed by atoms with E-state index in [4.69, 9.17) is 29.5 Å². The van der Waals surface area contributed by atoms with Gasteiger partial charge in [-0.15, -0.1) is 0 Å². The number of amides is 1. The Morgan fingerprint density at radius 1 is 1.18 bits per heavy atom. The van der Waals surface area contributed by atoms with Crippen molar-refractivity contribution in [3.63, 3.8) is 0 Å². The molecule has 0 saturated carbocycles. The van der Waals surface area contributed by atoms with Crippen LogP contribution >= 0.6 is 66.6 Å². The summed E-state index contributed by atoms with van der Waals surface area (Å²) in [6.07, 6.45) is 0.929. The van der Waals surface area contributed by atoms with Crippen molar-refractivity contribution in [2.24, 2.45) is 5.73 Å². The van der Waals surface area contributed by atoms with Crippen LogP contribution in [0.5, 0.6) is 0 Å². The molecule has 1 fully saturated rings. The Kier molecular flexibility index (Phi) is 18.6. The zero-order valence-electron chi connectivity index (χ0n) is 20.9. The molecule has 15 nitrogen and oxygen atoms in total. The predicted octanol–water partition coefficient (Wildman–Crippen LogP) is 1.70. The Balaban J connectivity index is 2.62. The molecule has 0 aromatic rings. The van der Waals surface area contributed by atoms with Crippen LogP contribution < -0.4 is 11.1 Å². The van der Waals surface area contributed by atoms with Crippen molar-refractivity contribution in [3.8, 4) is 11.7 Å². The molecule has 3 unspecified atom stereocenters. The maximum absolute atomic E-state index is 12.1. The number of phosphoric ester groups is 1. The minimum absolute atomic E-state index is 0.124. The quantitative estimate of drug-likeness (QED) is 0.0282. The highest BCUT2D eigenvalue weighted by molar-refractivity contribution is 8.77. The lowest BCUT2D eigenvalue weighted by Crippen LogP contribution is -2.30. The van der Waals surface area contributed by atoms with Crippen LogP contribution in [0.3, 0.4) is 0 Å². The Morgan fingerprint density at radius 2 is 1.87 bits per heavy atom. The summed E-state index contributed by atoms with van der Waals surface area (Å²) in [5.74, 6) is 6.89. The number of hydrogen-bond acceptors (Lipinski definition) is 14. The van der Waals surface area contributed by atoms with Crippen LogP contribution in [-0.2, 0) is 41.1 Å². The van der Waals surface area contributed by atoms with Gasteiger partial charge in [0, 0.05) is 30.5 Å². The molecule has 0 bridgehead atoms. The molecule has 1 amide bonds. The van der Waals surface area contributed by atoms with Crippen molar-refractivity contribution >= 4 is 79.8 Å². The van der Waals surface area contributed by atoms with Gasteiger partial charge in [-0.3, -0.25) is 9.32 Å². The predicted molar refractivity (Wildman–Crippen MR) is 154 cm³/mol. The number of phosphoric acid groups is 3. The van der Waals surface area contributed by atoms with E-state index in [1.165, 1.54) is 28.9 Å². The summed E-state index contributed by atoms with van der Waals surface area (Å²) in [6, 6.07) is -0.574. The number of nitrogens with two attached hydrogens (primary N) is 1. The first kappa shape index (κ1) is 37.8. The Labute approximate surface area is 243 Å². The van der Waals surface area contributed by atoms with Gasteiger partial charge >= 0.3 is 23.5 Å². The van der Waals surface area contributed by atoms with Crippen LogP contribution in [0.15, 0.2) is 0 Å². The molecule has 1 saturated heterocycles. The Hall–Kier alpha value is 0.785. The van der Waals surface area contributed by atoms with E-state index in [9.17, 15) is 28.3 Å². The van der Waals surface area contributed by atoms with E-state index in [0.29, 0.717) is 25.1 Å². The number of rotatable bonds is 19. The summed E-state index contributed by atoms with van der Waals surface area (Å²) in [5, 5.41) is 2.68. The smallest absolute Gasteiger partial charge is 0.377 e. The molecule has 39 heavy (non-hydrogen) atoms. The zero-order chi connectivity index (χ0) is 29.5. The lowest BCUT2D eigenvalue weighted by atomic mass is 9.71. The van der Waals surface area contributed by atoms with Crippen LogP contribution in [0, 0.1) is 11.7 Å². The number of nitrogens with one attached hydrogen (secondary N) is 1. The van der Waals surface area contributed by atoms with E-state index in [2.05, 4.69) is 25.7 Å². The normalized spacial score (nSPS) is 23.2. The first-order valence-electron chi connectivity index (χ1n) is 11.0. The van der Waals surface area contributed by atoms with E-state index >= 15 is 0 Å². The Bertz CT molecular complexity index is 971. The van der Waals surface area contributed by atoms with Crippen molar-refractivity contribution in [3.05, 3.63) is 0 Å². The SMILES string of the molecule is CSS[C@H](C)O[C@@H]1C[C@H]([B]C#CCNC(=O)CCSSCCN)OC1COP(=O)(O)OP(=O)(O)OP(=O)(O)O. The van der Waals surface area contributed by atoms with Gasteiger partial charge in [0.1, 0.15) is 11.5 Å². The van der Waals surface area contributed by atoms with Gasteiger partial charge in [0.25, 0.3) is 7.28 Å². The average Bonchev–Trinajstić information content (AvgIpc) is 3.16. The van der Waals surface area contributed by atoms with Gasteiger partial charge in [-0.05, 0) is 19.6 Å². The highest BCUT2D eigenvalue weighted by Gasteiger charge is 2.43. The van der Waals surface area contributed by atoms with Crippen LogP contribution in [0.4, 0.5) is 0 Å². The molecule has 6 atom stereocenters. The zero-order valence-corrected chi connectivity index (χ0v) is 26.8. The molecule has 1 rings (SSSR count). The van der Waals surface area contributed by atoms with Crippen LogP contribution in [0.25, 0.3) is 0 Å². The second-order valence-corrected chi connectivity index (χ2v) is 17.2. The molecule has 7 N–H and O–H groups in total. The van der Waals surface area contributed by atoms with Gasteiger partial charge in [0.15, 0.2) is 0 Å². The number of hydrogen-bond donors (Lipinski definition) is 6. The fourth-order valence-electron chi connectivity index (χ4n) is 2.76. The molecule has 23 heteroatoms. The summed E-state index contributed by atoms with van der Waals surface area (Å²) in [4.78, 5) is 48.1. The van der Waals surface area contributed by atoms with Gasteiger partial charge in [0.2, 0.25) is 5.91 Å². The minimum Gasteiger partial charge on any atom is -0.377 e. The molecule has 1 aliphatic heterocycles. The molecular weight excluding hydrogens is 660 g/mol. The van der Waals surface area contributed by atoms with E-state index in [-0.39, 0.29) is 17.9 Å². The summed E-state index contributed by atoms with van der Waals surface area (Å²) in [6.45, 7) is 1.85. The first-order chi connectivity index (χ1) is 18.2. The van der Waals surface area contributed by atoms with Crippen molar-refractivity contribution in [1.82, 2.24) is 5.32 Å². The monoisotopic (exact) mass is 691 g/mol. The second kappa shape index (κ2) is 19.1. The number of ether oxygens (including phenoxy) is 2. The van der Waals surface area contributed by atoms with E-state index in [0.717, 1.165) is 5.75 Å². The summed E-state index contributed by atoms with van der Waals surface area (Å²) in [5.41, 5.74) is 5.11.